The molecule has 6 nitrogen and oxygen atoms in total. The van der Waals surface area contributed by atoms with Crippen LogP contribution in [0.25, 0.3) is 33.6 Å². The zero-order chi connectivity index (χ0) is 13.7. The molecule has 0 unspecified atom stereocenters. The van der Waals surface area contributed by atoms with Crippen molar-refractivity contribution in [2.75, 3.05) is 0 Å². The number of nitrogens with one attached hydrogen (secondary N) is 2. The Morgan fingerprint density at radius 2 is 2.10 bits per heavy atom. The van der Waals surface area contributed by atoms with Gasteiger partial charge >= 0.3 is 0 Å². The van der Waals surface area contributed by atoms with Crippen LogP contribution >= 0.6 is 0 Å². The first kappa shape index (κ1) is 11.0. The first-order valence-corrected chi connectivity index (χ1v) is 6.16. The first-order valence-electron chi connectivity index (χ1n) is 6.16. The Bertz CT molecular complexity index is 993. The van der Waals surface area contributed by atoms with Crippen LogP contribution in [0.2, 0.25) is 0 Å². The molecule has 20 heavy (non-hydrogen) atoms. The number of hydrogen-bond donors (Lipinski definition) is 2. The predicted molar refractivity (Wildman–Crippen MR) is 74.5 cm³/mol. The van der Waals surface area contributed by atoms with Gasteiger partial charge in [-0.3, -0.25) is 9.89 Å². The van der Waals surface area contributed by atoms with E-state index in [4.69, 9.17) is 4.42 Å². The van der Waals surface area contributed by atoms with Crippen LogP contribution in [0.3, 0.4) is 0 Å². The molecule has 0 atom stereocenters. The van der Waals surface area contributed by atoms with E-state index in [0.29, 0.717) is 22.6 Å². The highest BCUT2D eigenvalue weighted by Crippen LogP contribution is 2.30. The van der Waals surface area contributed by atoms with E-state index in [2.05, 4.69) is 20.2 Å². The van der Waals surface area contributed by atoms with Crippen molar-refractivity contribution < 1.29 is 4.42 Å². The number of fused-ring (bicyclic) bond motifs is 2. The maximum Gasteiger partial charge on any atom is 0.277 e. The fraction of sp³-hybridized carbons (Fsp3) is 0.0714. The molecule has 0 saturated carbocycles. The highest BCUT2D eigenvalue weighted by atomic mass is 16.3. The second-order valence-electron chi connectivity index (χ2n) is 4.60. The van der Waals surface area contributed by atoms with Gasteiger partial charge in [0.25, 0.3) is 5.56 Å². The van der Waals surface area contributed by atoms with Crippen molar-refractivity contribution in [3.05, 3.63) is 46.4 Å². The molecule has 0 aliphatic rings. The number of furan rings is 1. The van der Waals surface area contributed by atoms with Crippen LogP contribution in [-0.2, 0) is 0 Å². The Morgan fingerprint density at radius 3 is 2.95 bits per heavy atom. The van der Waals surface area contributed by atoms with E-state index in [1.54, 1.807) is 0 Å². The highest BCUT2D eigenvalue weighted by molar-refractivity contribution is 5.87. The van der Waals surface area contributed by atoms with Crippen LogP contribution in [0.5, 0.6) is 0 Å². The molecule has 4 rings (SSSR count). The van der Waals surface area contributed by atoms with Crippen LogP contribution in [-0.4, -0.2) is 20.2 Å². The number of aromatic nitrogens is 4. The Kier molecular flexibility index (Phi) is 2.09. The number of aromatic amines is 2. The van der Waals surface area contributed by atoms with Crippen LogP contribution in [0.1, 0.15) is 5.56 Å². The SMILES string of the molecule is Cc1c(-c2nc3cn[nH]c3c(=O)[nH]2)oc2ccccc12. The average Bonchev–Trinajstić information content (AvgIpc) is 3.04. The summed E-state index contributed by atoms with van der Waals surface area (Å²) in [4.78, 5) is 19.1. The normalized spacial score (nSPS) is 11.4. The third-order valence-corrected chi connectivity index (χ3v) is 3.37. The fourth-order valence-electron chi connectivity index (χ4n) is 2.36. The Morgan fingerprint density at radius 1 is 1.25 bits per heavy atom. The number of H-pyrrole nitrogens is 2. The Labute approximate surface area is 112 Å². The van der Waals surface area contributed by atoms with Gasteiger partial charge < -0.3 is 9.40 Å². The molecule has 0 fully saturated rings. The van der Waals surface area contributed by atoms with E-state index in [0.717, 1.165) is 16.5 Å². The minimum absolute atomic E-state index is 0.262. The summed E-state index contributed by atoms with van der Waals surface area (Å²) in [5.41, 5.74) is 2.34. The standard InChI is InChI=1S/C14H10N4O2/c1-7-8-4-2-3-5-10(8)20-12(7)13-16-9-6-15-18-11(9)14(19)17-13/h2-6H,1H3,(H,15,18)(H,16,17,19). The largest absolute Gasteiger partial charge is 0.453 e. The third-order valence-electron chi connectivity index (χ3n) is 3.37. The first-order chi connectivity index (χ1) is 9.74. The lowest BCUT2D eigenvalue weighted by Crippen LogP contribution is -2.09. The molecule has 2 N–H and O–H groups in total. The van der Waals surface area contributed by atoms with Crippen molar-refractivity contribution in [3.63, 3.8) is 0 Å². The molecular weight excluding hydrogens is 256 g/mol. The fourth-order valence-corrected chi connectivity index (χ4v) is 2.36. The van der Waals surface area contributed by atoms with Gasteiger partial charge in [-0.25, -0.2) is 4.98 Å². The maximum absolute atomic E-state index is 12.0. The Hall–Kier alpha value is -2.89. The molecule has 0 radical (unpaired) electrons. The maximum atomic E-state index is 12.0. The van der Waals surface area contributed by atoms with Gasteiger partial charge in [0.1, 0.15) is 16.6 Å². The number of hydrogen-bond acceptors (Lipinski definition) is 4. The second-order valence-corrected chi connectivity index (χ2v) is 4.60. The number of rotatable bonds is 1. The van der Waals surface area contributed by atoms with Crippen molar-refractivity contribution in [1.29, 1.82) is 0 Å². The summed E-state index contributed by atoms with van der Waals surface area (Å²) in [5.74, 6) is 0.990. The number of para-hydroxylation sites is 1. The average molecular weight is 266 g/mol. The minimum Gasteiger partial charge on any atom is -0.453 e. The summed E-state index contributed by atoms with van der Waals surface area (Å²) in [7, 11) is 0. The van der Waals surface area contributed by atoms with Gasteiger partial charge in [-0.1, -0.05) is 18.2 Å². The van der Waals surface area contributed by atoms with Gasteiger partial charge in [0, 0.05) is 10.9 Å². The molecule has 0 bridgehead atoms. The quantitative estimate of drug-likeness (QED) is 0.553. The molecule has 0 spiro atoms. The minimum atomic E-state index is -0.262. The second kappa shape index (κ2) is 3.80. The highest BCUT2D eigenvalue weighted by Gasteiger charge is 2.15. The Balaban J connectivity index is 2.05. The summed E-state index contributed by atoms with van der Waals surface area (Å²) in [6.45, 7) is 1.95. The molecule has 3 aromatic heterocycles. The van der Waals surface area contributed by atoms with Gasteiger partial charge in [0.2, 0.25) is 0 Å². The lowest BCUT2D eigenvalue weighted by Gasteiger charge is -1.98. The van der Waals surface area contributed by atoms with E-state index < -0.39 is 0 Å². The summed E-state index contributed by atoms with van der Waals surface area (Å²) in [6, 6.07) is 7.72. The zero-order valence-corrected chi connectivity index (χ0v) is 10.6. The monoisotopic (exact) mass is 266 g/mol. The molecule has 0 saturated heterocycles. The molecule has 4 aromatic rings. The number of aryl methyl sites for hydroxylation is 1. The smallest absolute Gasteiger partial charge is 0.277 e. The van der Waals surface area contributed by atoms with E-state index in [9.17, 15) is 4.79 Å². The molecule has 6 heteroatoms. The zero-order valence-electron chi connectivity index (χ0n) is 10.6. The summed E-state index contributed by atoms with van der Waals surface area (Å²) in [6.07, 6.45) is 1.52. The number of nitrogens with zero attached hydrogens (tertiary/aromatic N) is 2. The van der Waals surface area contributed by atoms with Crippen molar-refractivity contribution >= 4 is 22.0 Å². The lowest BCUT2D eigenvalue weighted by atomic mass is 10.1. The van der Waals surface area contributed by atoms with Crippen LogP contribution in [0.15, 0.2) is 39.7 Å². The van der Waals surface area contributed by atoms with Gasteiger partial charge in [-0.2, -0.15) is 5.10 Å². The van der Waals surface area contributed by atoms with Crippen LogP contribution in [0, 0.1) is 6.92 Å². The van der Waals surface area contributed by atoms with Gasteiger partial charge in [0.15, 0.2) is 11.6 Å². The van der Waals surface area contributed by atoms with Gasteiger partial charge in [-0.15, -0.1) is 0 Å². The lowest BCUT2D eigenvalue weighted by molar-refractivity contribution is 0.623. The van der Waals surface area contributed by atoms with E-state index in [-0.39, 0.29) is 5.56 Å². The molecular formula is C14H10N4O2. The van der Waals surface area contributed by atoms with Crippen molar-refractivity contribution in [1.82, 2.24) is 20.2 Å². The molecule has 3 heterocycles. The molecule has 98 valence electrons. The van der Waals surface area contributed by atoms with E-state index in [1.165, 1.54) is 6.20 Å². The van der Waals surface area contributed by atoms with Gasteiger partial charge in [0.05, 0.1) is 6.20 Å². The molecule has 0 aliphatic heterocycles. The topological polar surface area (TPSA) is 87.6 Å². The number of benzene rings is 1. The van der Waals surface area contributed by atoms with E-state index in [1.807, 2.05) is 31.2 Å². The van der Waals surface area contributed by atoms with E-state index >= 15 is 0 Å². The van der Waals surface area contributed by atoms with Gasteiger partial charge in [-0.05, 0) is 13.0 Å². The summed E-state index contributed by atoms with van der Waals surface area (Å²) < 4.78 is 5.80. The summed E-state index contributed by atoms with van der Waals surface area (Å²) >= 11 is 0. The van der Waals surface area contributed by atoms with Crippen molar-refractivity contribution in [2.45, 2.75) is 6.92 Å². The summed E-state index contributed by atoms with van der Waals surface area (Å²) in [5, 5.41) is 7.46. The third kappa shape index (κ3) is 1.41. The predicted octanol–water partition coefficient (Wildman–Crippen LogP) is 2.37. The molecule has 1 aromatic carbocycles. The molecule has 0 amide bonds. The van der Waals surface area contributed by atoms with Crippen LogP contribution < -0.4 is 5.56 Å². The van der Waals surface area contributed by atoms with Crippen molar-refractivity contribution in [3.8, 4) is 11.6 Å². The van der Waals surface area contributed by atoms with Crippen LogP contribution in [0.4, 0.5) is 0 Å². The van der Waals surface area contributed by atoms with Crippen molar-refractivity contribution in [2.24, 2.45) is 0 Å². The molecule has 0 aliphatic carbocycles.